The van der Waals surface area contributed by atoms with Gasteiger partial charge in [0.25, 0.3) is 0 Å². The zero-order valence-corrected chi connectivity index (χ0v) is 12.4. The number of ether oxygens (including phenoxy) is 1. The summed E-state index contributed by atoms with van der Waals surface area (Å²) in [5.74, 6) is -1.64. The molecule has 0 fully saturated rings. The van der Waals surface area contributed by atoms with Gasteiger partial charge in [-0.3, -0.25) is 9.59 Å². The van der Waals surface area contributed by atoms with E-state index in [2.05, 4.69) is 5.32 Å². The lowest BCUT2D eigenvalue weighted by molar-refractivity contribution is -0.114. The number of nitrogens with one attached hydrogen (secondary N) is 1. The van der Waals surface area contributed by atoms with Crippen LogP contribution in [0.1, 0.15) is 17.3 Å². The SMILES string of the molecule is CC(=O)Nc1c(-c2ccccc2)ccc(OCC=O)c1C(=O)O. The predicted octanol–water partition coefficient (Wildman–Crippen LogP) is 2.59. The number of aromatic carboxylic acids is 1. The molecule has 0 aliphatic carbocycles. The number of benzene rings is 2. The molecule has 118 valence electrons. The van der Waals surface area contributed by atoms with Gasteiger partial charge in [0.05, 0.1) is 5.69 Å². The van der Waals surface area contributed by atoms with Crippen LogP contribution < -0.4 is 10.1 Å². The number of carbonyl (C=O) groups is 3. The Kier molecular flexibility index (Phi) is 5.09. The van der Waals surface area contributed by atoms with Gasteiger partial charge in [0.15, 0.2) is 6.29 Å². The molecular weight excluding hydrogens is 298 g/mol. The van der Waals surface area contributed by atoms with Crippen LogP contribution in [0, 0.1) is 0 Å². The van der Waals surface area contributed by atoms with E-state index < -0.39 is 11.9 Å². The number of rotatable bonds is 6. The van der Waals surface area contributed by atoms with E-state index in [0.717, 1.165) is 5.56 Å². The van der Waals surface area contributed by atoms with Crippen LogP contribution >= 0.6 is 0 Å². The van der Waals surface area contributed by atoms with Crippen LogP contribution in [0.3, 0.4) is 0 Å². The molecule has 0 aliphatic rings. The summed E-state index contributed by atoms with van der Waals surface area (Å²) in [5, 5.41) is 12.1. The van der Waals surface area contributed by atoms with Gasteiger partial charge in [-0.25, -0.2) is 4.79 Å². The summed E-state index contributed by atoms with van der Waals surface area (Å²) in [7, 11) is 0. The molecular formula is C17H15NO5. The smallest absolute Gasteiger partial charge is 0.341 e. The second-order valence-corrected chi connectivity index (χ2v) is 4.69. The van der Waals surface area contributed by atoms with Crippen LogP contribution in [0.15, 0.2) is 42.5 Å². The van der Waals surface area contributed by atoms with Gasteiger partial charge in [0.1, 0.15) is 17.9 Å². The first-order valence-electron chi connectivity index (χ1n) is 6.84. The van der Waals surface area contributed by atoms with Gasteiger partial charge >= 0.3 is 5.97 Å². The third-order valence-electron chi connectivity index (χ3n) is 3.07. The third-order valence-corrected chi connectivity index (χ3v) is 3.07. The topological polar surface area (TPSA) is 92.7 Å². The molecule has 0 bridgehead atoms. The first-order valence-corrected chi connectivity index (χ1v) is 6.84. The Morgan fingerprint density at radius 1 is 1.17 bits per heavy atom. The van der Waals surface area contributed by atoms with Crippen molar-refractivity contribution >= 4 is 23.9 Å². The Hall–Kier alpha value is -3.15. The molecule has 2 rings (SSSR count). The number of hydrogen-bond donors (Lipinski definition) is 2. The van der Waals surface area contributed by atoms with Gasteiger partial charge in [0.2, 0.25) is 5.91 Å². The highest BCUT2D eigenvalue weighted by Crippen LogP contribution is 2.36. The number of carboxylic acid groups (broad SMARTS) is 1. The first-order chi connectivity index (χ1) is 11.0. The number of anilines is 1. The molecule has 0 saturated heterocycles. The second-order valence-electron chi connectivity index (χ2n) is 4.69. The lowest BCUT2D eigenvalue weighted by Gasteiger charge is -2.16. The average Bonchev–Trinajstić information content (AvgIpc) is 2.52. The van der Waals surface area contributed by atoms with Crippen LogP contribution in [0.2, 0.25) is 0 Å². The fourth-order valence-corrected chi connectivity index (χ4v) is 2.20. The molecule has 0 radical (unpaired) electrons. The van der Waals surface area contributed by atoms with E-state index in [-0.39, 0.29) is 23.6 Å². The minimum absolute atomic E-state index is 0.0213. The summed E-state index contributed by atoms with van der Waals surface area (Å²) >= 11 is 0. The molecule has 0 unspecified atom stereocenters. The van der Waals surface area contributed by atoms with E-state index in [1.807, 2.05) is 18.2 Å². The van der Waals surface area contributed by atoms with Crippen LogP contribution in [0.4, 0.5) is 5.69 Å². The molecule has 2 aromatic carbocycles. The molecule has 0 spiro atoms. The molecule has 0 saturated carbocycles. The van der Waals surface area contributed by atoms with E-state index in [9.17, 15) is 19.5 Å². The Labute approximate surface area is 132 Å². The zero-order valence-electron chi connectivity index (χ0n) is 12.4. The summed E-state index contributed by atoms with van der Waals surface area (Å²) in [4.78, 5) is 33.6. The Balaban J connectivity index is 2.67. The summed E-state index contributed by atoms with van der Waals surface area (Å²) in [5.41, 5.74) is 1.25. The molecule has 0 atom stereocenters. The summed E-state index contributed by atoms with van der Waals surface area (Å²) in [6, 6.07) is 12.2. The van der Waals surface area contributed by atoms with Gasteiger partial charge < -0.3 is 15.2 Å². The summed E-state index contributed by atoms with van der Waals surface area (Å²) in [6.07, 6.45) is 0.523. The van der Waals surface area contributed by atoms with Gasteiger partial charge in [-0.1, -0.05) is 30.3 Å². The normalized spacial score (nSPS) is 9.96. The lowest BCUT2D eigenvalue weighted by Crippen LogP contribution is -2.14. The minimum Gasteiger partial charge on any atom is -0.485 e. The molecule has 6 nitrogen and oxygen atoms in total. The fraction of sp³-hybridized carbons (Fsp3) is 0.118. The highest BCUT2D eigenvalue weighted by atomic mass is 16.5. The number of amides is 1. The van der Waals surface area contributed by atoms with E-state index >= 15 is 0 Å². The summed E-state index contributed by atoms with van der Waals surface area (Å²) in [6.45, 7) is 1.02. The van der Waals surface area contributed by atoms with Crippen molar-refractivity contribution in [1.82, 2.24) is 0 Å². The Morgan fingerprint density at radius 2 is 1.87 bits per heavy atom. The molecule has 0 heterocycles. The van der Waals surface area contributed by atoms with Gasteiger partial charge in [0, 0.05) is 12.5 Å². The van der Waals surface area contributed by atoms with Crippen molar-refractivity contribution in [2.24, 2.45) is 0 Å². The van der Waals surface area contributed by atoms with Crippen LogP contribution in [-0.2, 0) is 9.59 Å². The zero-order chi connectivity index (χ0) is 16.8. The van der Waals surface area contributed by atoms with Crippen molar-refractivity contribution in [3.05, 3.63) is 48.0 Å². The number of aldehydes is 1. The van der Waals surface area contributed by atoms with E-state index in [0.29, 0.717) is 11.8 Å². The Morgan fingerprint density at radius 3 is 2.43 bits per heavy atom. The monoisotopic (exact) mass is 313 g/mol. The number of hydrogen-bond acceptors (Lipinski definition) is 4. The molecule has 0 aliphatic heterocycles. The number of carboxylic acids is 1. The fourth-order valence-electron chi connectivity index (χ4n) is 2.20. The molecule has 6 heteroatoms. The number of carbonyl (C=O) groups excluding carboxylic acids is 2. The predicted molar refractivity (Wildman–Crippen MR) is 84.7 cm³/mol. The van der Waals surface area contributed by atoms with Crippen molar-refractivity contribution < 1.29 is 24.2 Å². The average molecular weight is 313 g/mol. The molecule has 2 N–H and O–H groups in total. The van der Waals surface area contributed by atoms with Gasteiger partial charge in [-0.2, -0.15) is 0 Å². The van der Waals surface area contributed by atoms with E-state index in [1.165, 1.54) is 13.0 Å². The van der Waals surface area contributed by atoms with Crippen molar-refractivity contribution in [3.63, 3.8) is 0 Å². The summed E-state index contributed by atoms with van der Waals surface area (Å²) < 4.78 is 5.16. The molecule has 2 aromatic rings. The maximum absolute atomic E-state index is 11.7. The Bertz CT molecular complexity index is 740. The van der Waals surface area contributed by atoms with Crippen LogP contribution in [-0.4, -0.2) is 29.9 Å². The van der Waals surface area contributed by atoms with Crippen LogP contribution in [0.25, 0.3) is 11.1 Å². The highest BCUT2D eigenvalue weighted by Gasteiger charge is 2.22. The maximum Gasteiger partial charge on any atom is 0.341 e. The minimum atomic E-state index is -1.26. The van der Waals surface area contributed by atoms with Gasteiger partial charge in [-0.15, -0.1) is 0 Å². The van der Waals surface area contributed by atoms with Crippen molar-refractivity contribution in [2.45, 2.75) is 6.92 Å². The van der Waals surface area contributed by atoms with Crippen molar-refractivity contribution in [1.29, 1.82) is 0 Å². The molecule has 0 aromatic heterocycles. The lowest BCUT2D eigenvalue weighted by atomic mass is 9.99. The third kappa shape index (κ3) is 3.74. The van der Waals surface area contributed by atoms with E-state index in [4.69, 9.17) is 4.74 Å². The standard InChI is InChI=1S/C17H15NO5/c1-11(20)18-16-13(12-5-3-2-4-6-12)7-8-14(23-10-9-19)15(16)17(21)22/h2-9H,10H2,1H3,(H,18,20)(H,21,22). The maximum atomic E-state index is 11.7. The highest BCUT2D eigenvalue weighted by molar-refractivity contribution is 6.06. The van der Waals surface area contributed by atoms with Crippen LogP contribution in [0.5, 0.6) is 5.75 Å². The largest absolute Gasteiger partial charge is 0.485 e. The van der Waals surface area contributed by atoms with Gasteiger partial charge in [-0.05, 0) is 17.7 Å². The second kappa shape index (κ2) is 7.22. The first kappa shape index (κ1) is 16.2. The van der Waals surface area contributed by atoms with Crippen molar-refractivity contribution in [2.75, 3.05) is 11.9 Å². The quantitative estimate of drug-likeness (QED) is 0.800. The van der Waals surface area contributed by atoms with E-state index in [1.54, 1.807) is 18.2 Å². The molecule has 1 amide bonds. The van der Waals surface area contributed by atoms with Crippen molar-refractivity contribution in [3.8, 4) is 16.9 Å². The molecule has 23 heavy (non-hydrogen) atoms.